The molecule has 0 spiro atoms. The Hall–Kier alpha value is -1.14. The number of hydrogen-bond donors (Lipinski definition) is 0. The van der Waals surface area contributed by atoms with Gasteiger partial charge in [0.05, 0.1) is 0 Å². The van der Waals surface area contributed by atoms with Gasteiger partial charge in [-0.1, -0.05) is 0 Å². The van der Waals surface area contributed by atoms with Gasteiger partial charge < -0.3 is 24.8 Å². The van der Waals surface area contributed by atoms with Crippen LogP contribution in [-0.2, 0) is 29.7 Å². The van der Waals surface area contributed by atoms with E-state index in [2.05, 4.69) is 94.4 Å². The van der Waals surface area contributed by atoms with E-state index in [1.54, 1.807) is 19.8 Å². The maximum Gasteiger partial charge on any atom is -1.00 e. The third-order valence-electron chi connectivity index (χ3n) is 6.22. The molecule has 2 aliphatic rings. The molecule has 0 bridgehead atoms. The molecule has 0 aliphatic heterocycles. The first-order chi connectivity index (χ1) is 13.4. The van der Waals surface area contributed by atoms with Crippen molar-refractivity contribution < 1.29 is 48.0 Å². The van der Waals surface area contributed by atoms with Crippen molar-refractivity contribution in [2.75, 3.05) is 0 Å². The summed E-state index contributed by atoms with van der Waals surface area (Å²) >= 11 is -0.786. The summed E-state index contributed by atoms with van der Waals surface area (Å²) in [4.78, 5) is 0. The molecule has 0 saturated carbocycles. The molecular formula is C27H26Cl2Zr. The fourth-order valence-electron chi connectivity index (χ4n) is 4.62. The van der Waals surface area contributed by atoms with Crippen molar-refractivity contribution in [3.8, 4) is 11.1 Å². The Balaban J connectivity index is 0.00000128. The first-order valence-electron chi connectivity index (χ1n) is 10.2. The molecule has 152 valence electrons. The largest absolute Gasteiger partial charge is 1.00 e. The molecule has 30 heavy (non-hydrogen) atoms. The zero-order valence-corrected chi connectivity index (χ0v) is 21.9. The Labute approximate surface area is 204 Å². The fraction of sp³-hybridized carbons (Fsp3) is 0.259. The third-order valence-corrected chi connectivity index (χ3v) is 10.3. The molecule has 3 aromatic rings. The molecule has 0 heterocycles. The summed E-state index contributed by atoms with van der Waals surface area (Å²) in [7, 11) is 0. The average molecular weight is 513 g/mol. The summed E-state index contributed by atoms with van der Waals surface area (Å²) in [5, 5.41) is 2.98. The molecular weight excluding hydrogens is 486 g/mol. The minimum atomic E-state index is -0.786. The predicted molar refractivity (Wildman–Crippen MR) is 117 cm³/mol. The minimum Gasteiger partial charge on any atom is -1.00 e. The zero-order valence-electron chi connectivity index (χ0n) is 17.9. The molecule has 0 saturated heterocycles. The van der Waals surface area contributed by atoms with Crippen LogP contribution in [0.1, 0.15) is 38.8 Å². The van der Waals surface area contributed by atoms with Crippen molar-refractivity contribution >= 4 is 14.0 Å². The van der Waals surface area contributed by atoms with Crippen molar-refractivity contribution in [2.45, 2.75) is 37.7 Å². The summed E-state index contributed by atoms with van der Waals surface area (Å²) in [6, 6.07) is 20.6. The molecule has 3 heteroatoms. The van der Waals surface area contributed by atoms with E-state index in [1.165, 1.54) is 27.6 Å². The van der Waals surface area contributed by atoms with Crippen LogP contribution in [0.3, 0.4) is 0 Å². The number of hydrogen-bond acceptors (Lipinski definition) is 0. The second kappa shape index (κ2) is 8.78. The van der Waals surface area contributed by atoms with Crippen LogP contribution in [0.4, 0.5) is 0 Å². The molecule has 0 fully saturated rings. The van der Waals surface area contributed by atoms with Crippen molar-refractivity contribution in [3.63, 3.8) is 0 Å². The van der Waals surface area contributed by atoms with E-state index in [1.807, 2.05) is 0 Å². The minimum absolute atomic E-state index is 0. The van der Waals surface area contributed by atoms with Gasteiger partial charge in [0.1, 0.15) is 0 Å². The smallest absolute Gasteiger partial charge is 1.00 e. The van der Waals surface area contributed by atoms with Gasteiger partial charge in [-0.3, -0.25) is 0 Å². The van der Waals surface area contributed by atoms with E-state index in [9.17, 15) is 0 Å². The zero-order chi connectivity index (χ0) is 19.5. The van der Waals surface area contributed by atoms with E-state index in [4.69, 9.17) is 0 Å². The van der Waals surface area contributed by atoms with Crippen LogP contribution in [0.25, 0.3) is 21.9 Å². The molecule has 2 aliphatic carbocycles. The summed E-state index contributed by atoms with van der Waals surface area (Å²) in [5.41, 5.74) is 9.29. The SMILES string of the molecule is CC1=CC(C(C)(C)C)=C[CH]1[Zr+2][c]1cccc2ccc3c(c12)Cc1ccccc1-3.[Cl-].[Cl-]. The molecule has 0 aromatic heterocycles. The Kier molecular flexibility index (Phi) is 6.88. The van der Waals surface area contributed by atoms with E-state index in [-0.39, 0.29) is 30.2 Å². The van der Waals surface area contributed by atoms with E-state index in [0.717, 1.165) is 6.42 Å². The van der Waals surface area contributed by atoms with Crippen LogP contribution >= 0.6 is 0 Å². The molecule has 0 N–H and O–H groups in total. The van der Waals surface area contributed by atoms with Gasteiger partial charge in [-0.25, -0.2) is 0 Å². The number of rotatable bonds is 2. The number of allylic oxidation sites excluding steroid dienone is 4. The Bertz CT molecular complexity index is 1170. The Morgan fingerprint density at radius 2 is 1.63 bits per heavy atom. The quantitative estimate of drug-likeness (QED) is 0.374. The number of halogens is 2. The van der Waals surface area contributed by atoms with Crippen LogP contribution in [0.2, 0.25) is 3.63 Å². The van der Waals surface area contributed by atoms with Gasteiger partial charge in [-0.2, -0.15) is 0 Å². The van der Waals surface area contributed by atoms with Crippen molar-refractivity contribution in [1.82, 2.24) is 0 Å². The van der Waals surface area contributed by atoms with Crippen LogP contribution in [0.15, 0.2) is 77.9 Å². The standard InChI is InChI=1S/C17H11.C10H15.2ClH.Zr/c1-3-7-14-12(5-1)9-10-16-15-8-4-2-6-13(15)11-17(14)16;1-8-5-6-9(7-8)10(2,3)4;;;/h1-6,8-10H,11H2;5-7H,1-4H3;2*1H;/q;;;;+2/p-2. The van der Waals surface area contributed by atoms with E-state index >= 15 is 0 Å². The molecule has 0 radical (unpaired) electrons. The van der Waals surface area contributed by atoms with Crippen LogP contribution in [0, 0.1) is 5.41 Å². The number of fused-ring (bicyclic) bond motifs is 5. The normalized spacial score (nSPS) is 16.6. The van der Waals surface area contributed by atoms with E-state index < -0.39 is 23.2 Å². The van der Waals surface area contributed by atoms with Crippen molar-refractivity contribution in [3.05, 3.63) is 89.0 Å². The molecule has 1 unspecified atom stereocenters. The van der Waals surface area contributed by atoms with Crippen molar-refractivity contribution in [1.29, 1.82) is 0 Å². The second-order valence-electron chi connectivity index (χ2n) is 9.21. The van der Waals surface area contributed by atoms with Crippen LogP contribution in [-0.4, -0.2) is 0 Å². The van der Waals surface area contributed by atoms with Gasteiger partial charge in [0.15, 0.2) is 0 Å². The summed E-state index contributed by atoms with van der Waals surface area (Å²) < 4.78 is 2.35. The molecule has 0 amide bonds. The third kappa shape index (κ3) is 4.02. The fourth-order valence-corrected chi connectivity index (χ4v) is 8.41. The summed E-state index contributed by atoms with van der Waals surface area (Å²) in [6.45, 7) is 9.33. The van der Waals surface area contributed by atoms with Gasteiger partial charge in [0.25, 0.3) is 0 Å². The van der Waals surface area contributed by atoms with Gasteiger partial charge >= 0.3 is 181 Å². The van der Waals surface area contributed by atoms with Crippen molar-refractivity contribution in [2.24, 2.45) is 5.41 Å². The number of benzene rings is 3. The maximum absolute atomic E-state index is 2.58. The summed E-state index contributed by atoms with van der Waals surface area (Å²) in [6.07, 6.45) is 6.12. The molecule has 5 rings (SSSR count). The maximum atomic E-state index is 2.58. The van der Waals surface area contributed by atoms with Gasteiger partial charge in [-0.05, 0) is 0 Å². The van der Waals surface area contributed by atoms with Gasteiger partial charge in [0, 0.05) is 0 Å². The second-order valence-corrected chi connectivity index (χ2v) is 12.8. The van der Waals surface area contributed by atoms with Gasteiger partial charge in [0.2, 0.25) is 0 Å². The van der Waals surface area contributed by atoms with E-state index in [0.29, 0.717) is 3.63 Å². The molecule has 1 atom stereocenters. The Morgan fingerprint density at radius 1 is 0.867 bits per heavy atom. The first-order valence-corrected chi connectivity index (χ1v) is 12.9. The Morgan fingerprint density at radius 3 is 2.37 bits per heavy atom. The van der Waals surface area contributed by atoms with Crippen LogP contribution < -0.4 is 28.1 Å². The monoisotopic (exact) mass is 510 g/mol. The van der Waals surface area contributed by atoms with Crippen LogP contribution in [0.5, 0.6) is 0 Å². The topological polar surface area (TPSA) is 0 Å². The predicted octanol–water partition coefficient (Wildman–Crippen LogP) is 0.848. The molecule has 0 nitrogen and oxygen atoms in total. The molecule has 3 aromatic carbocycles. The average Bonchev–Trinajstić information content (AvgIpc) is 3.22. The summed E-state index contributed by atoms with van der Waals surface area (Å²) in [5.74, 6) is 0. The van der Waals surface area contributed by atoms with Gasteiger partial charge in [-0.15, -0.1) is 0 Å². The first kappa shape index (κ1) is 23.5.